The molecule has 102 valence electrons. The summed E-state index contributed by atoms with van der Waals surface area (Å²) in [7, 11) is 0. The number of rotatable bonds is 3. The average molecular weight is 261 g/mol. The number of hydrogen-bond acceptors (Lipinski definition) is 4. The molecule has 2 fully saturated rings. The average Bonchev–Trinajstić information content (AvgIpc) is 2.38. The van der Waals surface area contributed by atoms with Gasteiger partial charge in [-0.1, -0.05) is 6.42 Å². The van der Waals surface area contributed by atoms with Gasteiger partial charge in [-0.05, 0) is 31.1 Å². The Hall–Kier alpha value is -1.49. The van der Waals surface area contributed by atoms with Gasteiger partial charge in [-0.15, -0.1) is 0 Å². The number of fused-ring (bicyclic) bond motifs is 2. The van der Waals surface area contributed by atoms with E-state index in [1.807, 2.05) is 0 Å². The minimum absolute atomic E-state index is 0.234. The van der Waals surface area contributed by atoms with Crippen LogP contribution in [0.1, 0.15) is 41.7 Å². The van der Waals surface area contributed by atoms with Gasteiger partial charge in [0.1, 0.15) is 11.9 Å². The van der Waals surface area contributed by atoms with Gasteiger partial charge in [0.15, 0.2) is 0 Å². The SMILES string of the molecule is O=C(O)c1cncnc1CN1CC2CCCC(C2)C1. The standard InChI is InChI=1S/C14H19N3O2/c18-14(19)12-5-15-9-16-13(12)8-17-6-10-2-1-3-11(4-10)7-17/h5,9-11H,1-4,6-8H2,(H,18,19). The zero-order valence-corrected chi connectivity index (χ0v) is 11.0. The number of aromatic carboxylic acids is 1. The first-order valence-electron chi connectivity index (χ1n) is 6.97. The largest absolute Gasteiger partial charge is 0.478 e. The lowest BCUT2D eigenvalue weighted by Crippen LogP contribution is -2.42. The van der Waals surface area contributed by atoms with Crippen molar-refractivity contribution in [3.8, 4) is 0 Å². The molecule has 1 saturated heterocycles. The fourth-order valence-electron chi connectivity index (χ4n) is 3.54. The van der Waals surface area contributed by atoms with Gasteiger partial charge in [-0.25, -0.2) is 14.8 Å². The molecule has 5 nitrogen and oxygen atoms in total. The van der Waals surface area contributed by atoms with Crippen molar-refractivity contribution in [1.82, 2.24) is 14.9 Å². The van der Waals surface area contributed by atoms with Crippen molar-refractivity contribution < 1.29 is 9.90 Å². The summed E-state index contributed by atoms with van der Waals surface area (Å²) < 4.78 is 0. The number of aromatic nitrogens is 2. The number of carboxylic acids is 1. The second-order valence-corrected chi connectivity index (χ2v) is 5.78. The van der Waals surface area contributed by atoms with Crippen LogP contribution in [0.2, 0.25) is 0 Å². The van der Waals surface area contributed by atoms with Gasteiger partial charge in [-0.3, -0.25) is 4.90 Å². The van der Waals surface area contributed by atoms with Crippen LogP contribution in [0.5, 0.6) is 0 Å². The normalized spacial score (nSPS) is 27.2. The van der Waals surface area contributed by atoms with Crippen LogP contribution >= 0.6 is 0 Å². The molecule has 1 aliphatic carbocycles. The van der Waals surface area contributed by atoms with Gasteiger partial charge < -0.3 is 5.11 Å². The predicted molar refractivity (Wildman–Crippen MR) is 69.7 cm³/mol. The molecule has 2 heterocycles. The molecule has 1 aliphatic heterocycles. The van der Waals surface area contributed by atoms with Crippen molar-refractivity contribution in [2.45, 2.75) is 32.2 Å². The van der Waals surface area contributed by atoms with Crippen molar-refractivity contribution in [1.29, 1.82) is 0 Å². The summed E-state index contributed by atoms with van der Waals surface area (Å²) >= 11 is 0. The lowest BCUT2D eigenvalue weighted by atomic mass is 9.78. The Labute approximate surface area is 112 Å². The Morgan fingerprint density at radius 2 is 2.11 bits per heavy atom. The molecule has 3 rings (SSSR count). The van der Waals surface area contributed by atoms with Crippen molar-refractivity contribution in [3.63, 3.8) is 0 Å². The van der Waals surface area contributed by atoms with Crippen LogP contribution in [-0.2, 0) is 6.54 Å². The molecule has 1 N–H and O–H groups in total. The summed E-state index contributed by atoms with van der Waals surface area (Å²) in [6.07, 6.45) is 8.19. The molecule has 0 spiro atoms. The second-order valence-electron chi connectivity index (χ2n) is 5.78. The summed E-state index contributed by atoms with van der Waals surface area (Å²) in [5, 5.41) is 9.16. The zero-order chi connectivity index (χ0) is 13.2. The third kappa shape index (κ3) is 2.76. The molecule has 2 atom stereocenters. The number of carboxylic acid groups (broad SMARTS) is 1. The highest BCUT2D eigenvalue weighted by Gasteiger charge is 2.31. The first kappa shape index (κ1) is 12.5. The highest BCUT2D eigenvalue weighted by atomic mass is 16.4. The molecule has 2 unspecified atom stereocenters. The van der Waals surface area contributed by atoms with E-state index in [2.05, 4.69) is 14.9 Å². The van der Waals surface area contributed by atoms with Crippen molar-refractivity contribution in [2.75, 3.05) is 13.1 Å². The Kier molecular flexibility index (Phi) is 3.46. The number of carbonyl (C=O) groups is 1. The molecule has 1 aromatic rings. The number of nitrogens with zero attached hydrogens (tertiary/aromatic N) is 3. The smallest absolute Gasteiger partial charge is 0.339 e. The van der Waals surface area contributed by atoms with Gasteiger partial charge in [0, 0.05) is 25.8 Å². The van der Waals surface area contributed by atoms with Crippen LogP contribution in [0.4, 0.5) is 0 Å². The lowest BCUT2D eigenvalue weighted by molar-refractivity contribution is 0.0680. The van der Waals surface area contributed by atoms with Gasteiger partial charge in [-0.2, -0.15) is 0 Å². The maximum absolute atomic E-state index is 11.2. The monoisotopic (exact) mass is 261 g/mol. The van der Waals surface area contributed by atoms with E-state index >= 15 is 0 Å². The summed E-state index contributed by atoms with van der Waals surface area (Å²) in [5.74, 6) is 0.651. The molecule has 19 heavy (non-hydrogen) atoms. The maximum atomic E-state index is 11.2. The first-order chi connectivity index (χ1) is 9.22. The molecule has 0 radical (unpaired) electrons. The van der Waals surface area contributed by atoms with E-state index in [4.69, 9.17) is 5.11 Å². The van der Waals surface area contributed by atoms with Crippen LogP contribution in [0, 0.1) is 11.8 Å². The Morgan fingerprint density at radius 1 is 1.37 bits per heavy atom. The van der Waals surface area contributed by atoms with E-state index in [9.17, 15) is 4.79 Å². The van der Waals surface area contributed by atoms with Crippen molar-refractivity contribution in [3.05, 3.63) is 23.8 Å². The summed E-state index contributed by atoms with van der Waals surface area (Å²) in [5.41, 5.74) is 0.876. The summed E-state index contributed by atoms with van der Waals surface area (Å²) in [4.78, 5) is 21.5. The Balaban J connectivity index is 1.73. The van der Waals surface area contributed by atoms with Gasteiger partial charge in [0.25, 0.3) is 0 Å². The van der Waals surface area contributed by atoms with E-state index in [1.165, 1.54) is 38.2 Å². The molecule has 0 aromatic carbocycles. The van der Waals surface area contributed by atoms with E-state index in [-0.39, 0.29) is 5.56 Å². The highest BCUT2D eigenvalue weighted by Crippen LogP contribution is 2.34. The van der Waals surface area contributed by atoms with Crippen LogP contribution in [-0.4, -0.2) is 39.0 Å². The molecule has 1 saturated carbocycles. The molecular weight excluding hydrogens is 242 g/mol. The van der Waals surface area contributed by atoms with Gasteiger partial charge in [0.2, 0.25) is 0 Å². The third-order valence-corrected chi connectivity index (χ3v) is 4.32. The van der Waals surface area contributed by atoms with Gasteiger partial charge in [0.05, 0.1) is 5.69 Å². The molecule has 1 aromatic heterocycles. The minimum Gasteiger partial charge on any atom is -0.478 e. The Bertz CT molecular complexity index is 466. The number of likely N-dealkylation sites (tertiary alicyclic amines) is 1. The van der Waals surface area contributed by atoms with E-state index in [0.29, 0.717) is 12.2 Å². The fraction of sp³-hybridized carbons (Fsp3) is 0.643. The molecular formula is C14H19N3O2. The second kappa shape index (κ2) is 5.25. The van der Waals surface area contributed by atoms with E-state index in [1.54, 1.807) is 0 Å². The van der Waals surface area contributed by atoms with Crippen LogP contribution in [0.3, 0.4) is 0 Å². The molecule has 0 amide bonds. The number of hydrogen-bond donors (Lipinski definition) is 1. The van der Waals surface area contributed by atoms with Crippen LogP contribution < -0.4 is 0 Å². The number of piperidine rings is 1. The predicted octanol–water partition coefficient (Wildman–Crippen LogP) is 1.80. The quantitative estimate of drug-likeness (QED) is 0.898. The Morgan fingerprint density at radius 3 is 2.79 bits per heavy atom. The fourth-order valence-corrected chi connectivity index (χ4v) is 3.54. The van der Waals surface area contributed by atoms with Crippen molar-refractivity contribution in [2.24, 2.45) is 11.8 Å². The summed E-state index contributed by atoms with van der Waals surface area (Å²) in [6.45, 7) is 2.80. The van der Waals surface area contributed by atoms with Gasteiger partial charge >= 0.3 is 5.97 Å². The first-order valence-corrected chi connectivity index (χ1v) is 6.97. The zero-order valence-electron chi connectivity index (χ0n) is 11.0. The molecule has 5 heteroatoms. The minimum atomic E-state index is -0.937. The highest BCUT2D eigenvalue weighted by molar-refractivity contribution is 5.88. The van der Waals surface area contributed by atoms with E-state index < -0.39 is 5.97 Å². The van der Waals surface area contributed by atoms with E-state index in [0.717, 1.165) is 24.9 Å². The summed E-state index contributed by atoms with van der Waals surface area (Å²) in [6, 6.07) is 0. The topological polar surface area (TPSA) is 66.3 Å². The third-order valence-electron chi connectivity index (χ3n) is 4.32. The molecule has 2 aliphatic rings. The lowest BCUT2D eigenvalue weighted by Gasteiger charge is -2.41. The van der Waals surface area contributed by atoms with Crippen LogP contribution in [0.25, 0.3) is 0 Å². The van der Waals surface area contributed by atoms with Crippen LogP contribution in [0.15, 0.2) is 12.5 Å². The molecule has 2 bridgehead atoms. The maximum Gasteiger partial charge on any atom is 0.339 e. The van der Waals surface area contributed by atoms with Crippen molar-refractivity contribution >= 4 is 5.97 Å².